The van der Waals surface area contributed by atoms with E-state index in [1.807, 2.05) is 17.4 Å². The third-order valence-corrected chi connectivity index (χ3v) is 12.5. The molecule has 54 heavy (non-hydrogen) atoms. The SMILES string of the molecule is C1=C(c2cccc3c2sc2ccccc23)NC(c2ccccc2)N=C1c1ccc(-c2ccc3c(c2)-c2cccc4c2c-3cc2c3ccccc3oc42)cc1. The lowest BCUT2D eigenvalue weighted by atomic mass is 9.95. The van der Waals surface area contributed by atoms with Crippen LogP contribution in [0, 0.1) is 0 Å². The number of nitrogens with one attached hydrogen (secondary N) is 1. The zero-order valence-corrected chi connectivity index (χ0v) is 29.8. The zero-order valence-electron chi connectivity index (χ0n) is 29.0. The van der Waals surface area contributed by atoms with Crippen LogP contribution in [-0.4, -0.2) is 5.71 Å². The van der Waals surface area contributed by atoms with E-state index >= 15 is 0 Å². The molecule has 1 atom stereocenters. The summed E-state index contributed by atoms with van der Waals surface area (Å²) in [7, 11) is 0. The summed E-state index contributed by atoms with van der Waals surface area (Å²) in [5.74, 6) is 0. The van der Waals surface area contributed by atoms with Gasteiger partial charge in [0, 0.05) is 53.0 Å². The molecule has 0 spiro atoms. The van der Waals surface area contributed by atoms with E-state index in [0.29, 0.717) is 0 Å². The lowest BCUT2D eigenvalue weighted by Crippen LogP contribution is -2.24. The topological polar surface area (TPSA) is 37.5 Å². The number of thiophene rings is 1. The van der Waals surface area contributed by atoms with E-state index in [9.17, 15) is 0 Å². The fourth-order valence-electron chi connectivity index (χ4n) is 8.71. The molecular formula is C50H30N2OS. The lowest BCUT2D eigenvalue weighted by molar-refractivity contribution is 0.664. The van der Waals surface area contributed by atoms with Crippen molar-refractivity contribution in [3.05, 3.63) is 187 Å². The maximum atomic E-state index is 6.43. The molecule has 0 amide bonds. The summed E-state index contributed by atoms with van der Waals surface area (Å²) in [5, 5.41) is 11.2. The summed E-state index contributed by atoms with van der Waals surface area (Å²) in [6.45, 7) is 0. The first-order valence-electron chi connectivity index (χ1n) is 18.4. The van der Waals surface area contributed by atoms with Crippen LogP contribution < -0.4 is 5.32 Å². The van der Waals surface area contributed by atoms with Crippen molar-refractivity contribution in [1.82, 2.24) is 5.32 Å². The highest BCUT2D eigenvalue weighted by atomic mass is 32.1. The molecule has 0 radical (unpaired) electrons. The Balaban J connectivity index is 0.939. The first-order chi connectivity index (χ1) is 26.7. The molecule has 252 valence electrons. The molecule has 4 heteroatoms. The van der Waals surface area contributed by atoms with Crippen LogP contribution >= 0.6 is 11.3 Å². The molecule has 8 aromatic carbocycles. The first kappa shape index (κ1) is 29.8. The van der Waals surface area contributed by atoms with E-state index in [0.717, 1.165) is 39.1 Å². The normalized spacial score (nSPS) is 14.9. The molecule has 3 heterocycles. The van der Waals surface area contributed by atoms with Gasteiger partial charge in [0.1, 0.15) is 17.3 Å². The highest BCUT2D eigenvalue weighted by Crippen LogP contribution is 2.51. The summed E-state index contributed by atoms with van der Waals surface area (Å²) in [6.07, 6.45) is 2.02. The van der Waals surface area contributed by atoms with Gasteiger partial charge in [-0.25, -0.2) is 0 Å². The van der Waals surface area contributed by atoms with Crippen molar-refractivity contribution in [2.75, 3.05) is 0 Å². The zero-order chi connectivity index (χ0) is 35.3. The number of aliphatic imine (C=N–C) groups is 1. The Morgan fingerprint density at radius 2 is 1.22 bits per heavy atom. The molecule has 12 rings (SSSR count). The van der Waals surface area contributed by atoms with Crippen molar-refractivity contribution >= 4 is 75.6 Å². The van der Waals surface area contributed by atoms with Gasteiger partial charge in [-0.2, -0.15) is 0 Å². The van der Waals surface area contributed by atoms with Crippen LogP contribution in [0.4, 0.5) is 0 Å². The summed E-state index contributed by atoms with van der Waals surface area (Å²) in [6, 6.07) is 59.0. The third-order valence-electron chi connectivity index (χ3n) is 11.3. The molecule has 10 aromatic rings. The Labute approximate surface area is 315 Å². The average molecular weight is 707 g/mol. The predicted octanol–water partition coefficient (Wildman–Crippen LogP) is 13.6. The molecule has 0 fully saturated rings. The van der Waals surface area contributed by atoms with Crippen molar-refractivity contribution in [2.45, 2.75) is 6.17 Å². The highest BCUT2D eigenvalue weighted by Gasteiger charge is 2.26. The summed E-state index contributed by atoms with van der Waals surface area (Å²) < 4.78 is 9.03. The number of para-hydroxylation sites is 1. The van der Waals surface area contributed by atoms with Crippen LogP contribution in [0.2, 0.25) is 0 Å². The molecule has 3 nitrogen and oxygen atoms in total. The lowest BCUT2D eigenvalue weighted by Gasteiger charge is -2.25. The predicted molar refractivity (Wildman–Crippen MR) is 227 cm³/mol. The molecule has 0 saturated heterocycles. The molecule has 1 aliphatic heterocycles. The molecule has 1 N–H and O–H groups in total. The number of furan rings is 1. The molecular weight excluding hydrogens is 677 g/mol. The van der Waals surface area contributed by atoms with Crippen LogP contribution in [0.5, 0.6) is 0 Å². The van der Waals surface area contributed by atoms with Gasteiger partial charge in [0.15, 0.2) is 0 Å². The molecule has 0 saturated carbocycles. The van der Waals surface area contributed by atoms with Crippen molar-refractivity contribution in [3.63, 3.8) is 0 Å². The van der Waals surface area contributed by atoms with Gasteiger partial charge in [-0.1, -0.05) is 140 Å². The third kappa shape index (κ3) is 4.38. The van der Waals surface area contributed by atoms with E-state index in [2.05, 4.69) is 169 Å². The summed E-state index contributed by atoms with van der Waals surface area (Å²) in [4.78, 5) is 5.28. The minimum Gasteiger partial charge on any atom is -0.455 e. The van der Waals surface area contributed by atoms with Gasteiger partial charge in [0.2, 0.25) is 0 Å². The molecule has 2 aromatic heterocycles. The second-order valence-electron chi connectivity index (χ2n) is 14.3. The Hall–Kier alpha value is -6.75. The number of benzene rings is 8. The van der Waals surface area contributed by atoms with Crippen molar-refractivity contribution in [2.24, 2.45) is 4.99 Å². The van der Waals surface area contributed by atoms with Gasteiger partial charge in [0.25, 0.3) is 0 Å². The Bertz CT molecular complexity index is 3240. The quantitative estimate of drug-likeness (QED) is 0.198. The van der Waals surface area contributed by atoms with Crippen LogP contribution in [0.15, 0.2) is 179 Å². The standard InChI is InChI=1S/C50H30N2OS/c1-2-10-31(11-3-1)50-51-43(28-44(52-50)38-16-9-15-37-35-13-5-7-19-46(35)54-49(37)38)30-22-20-29(21-23-30)32-24-25-33-40(26-32)36-14-8-17-39-47(36)41(33)27-42-34-12-4-6-18-45(34)53-48(39)42/h1-28,50,52H. The van der Waals surface area contributed by atoms with Crippen molar-refractivity contribution in [1.29, 1.82) is 0 Å². The van der Waals surface area contributed by atoms with Crippen LogP contribution in [0.25, 0.3) is 92.0 Å². The molecule has 1 unspecified atom stereocenters. The average Bonchev–Trinajstić information content (AvgIpc) is 3.92. The first-order valence-corrected chi connectivity index (χ1v) is 19.2. The molecule has 1 aliphatic carbocycles. The smallest absolute Gasteiger partial charge is 0.145 e. The minimum atomic E-state index is -0.202. The molecule has 2 aliphatic rings. The van der Waals surface area contributed by atoms with Gasteiger partial charge >= 0.3 is 0 Å². The number of rotatable bonds is 4. The second kappa shape index (κ2) is 11.4. The summed E-state index contributed by atoms with van der Waals surface area (Å²) in [5.41, 5.74) is 14.8. The fourth-order valence-corrected chi connectivity index (χ4v) is 9.94. The van der Waals surface area contributed by atoms with Crippen molar-refractivity contribution < 1.29 is 4.42 Å². The van der Waals surface area contributed by atoms with E-state index in [-0.39, 0.29) is 6.17 Å². The molecule has 0 bridgehead atoms. The van der Waals surface area contributed by atoms with Crippen molar-refractivity contribution in [3.8, 4) is 33.4 Å². The highest BCUT2D eigenvalue weighted by molar-refractivity contribution is 7.26. The maximum absolute atomic E-state index is 6.43. The Morgan fingerprint density at radius 1 is 0.500 bits per heavy atom. The Kier molecular flexibility index (Phi) is 6.27. The maximum Gasteiger partial charge on any atom is 0.145 e. The van der Waals surface area contributed by atoms with Crippen LogP contribution in [0.3, 0.4) is 0 Å². The number of nitrogens with zero attached hydrogens (tertiary/aromatic N) is 1. The van der Waals surface area contributed by atoms with Crippen LogP contribution in [-0.2, 0) is 0 Å². The number of fused-ring (bicyclic) bond motifs is 10. The minimum absolute atomic E-state index is 0.202. The second-order valence-corrected chi connectivity index (χ2v) is 15.3. The van der Waals surface area contributed by atoms with E-state index in [1.165, 1.54) is 75.3 Å². The number of hydrogen-bond donors (Lipinski definition) is 1. The van der Waals surface area contributed by atoms with Gasteiger partial charge in [-0.15, -0.1) is 11.3 Å². The fraction of sp³-hybridized carbons (Fsp3) is 0.0200. The van der Waals surface area contributed by atoms with Gasteiger partial charge in [0.05, 0.1) is 5.71 Å². The van der Waals surface area contributed by atoms with E-state index < -0.39 is 0 Å². The number of hydrogen-bond acceptors (Lipinski definition) is 4. The number of allylic oxidation sites excluding steroid dienone is 1. The largest absolute Gasteiger partial charge is 0.455 e. The Morgan fingerprint density at radius 3 is 2.11 bits per heavy atom. The summed E-state index contributed by atoms with van der Waals surface area (Å²) >= 11 is 1.85. The van der Waals surface area contributed by atoms with E-state index in [1.54, 1.807) is 0 Å². The van der Waals surface area contributed by atoms with Crippen LogP contribution in [0.1, 0.15) is 22.9 Å². The van der Waals surface area contributed by atoms with Gasteiger partial charge < -0.3 is 9.73 Å². The van der Waals surface area contributed by atoms with Gasteiger partial charge in [-0.05, 0) is 74.8 Å². The monoisotopic (exact) mass is 706 g/mol. The van der Waals surface area contributed by atoms with E-state index in [4.69, 9.17) is 9.41 Å². The van der Waals surface area contributed by atoms with Gasteiger partial charge in [-0.3, -0.25) is 4.99 Å².